The zero-order chi connectivity index (χ0) is 9.78. The second-order valence-electron chi connectivity index (χ2n) is 3.65. The minimum absolute atomic E-state index is 0.0445. The van der Waals surface area contributed by atoms with E-state index in [1.165, 1.54) is 0 Å². The molecule has 0 rings (SSSR count). The van der Waals surface area contributed by atoms with E-state index in [4.69, 9.17) is 0 Å². The molecule has 4 heteroatoms. The fourth-order valence-corrected chi connectivity index (χ4v) is 2.34. The van der Waals surface area contributed by atoms with Crippen molar-refractivity contribution in [2.75, 3.05) is 6.16 Å². The molecule has 0 saturated carbocycles. The maximum atomic E-state index is 13.0. The fourth-order valence-electron chi connectivity index (χ4n) is 0.780. The number of halogens is 1. The van der Waals surface area contributed by atoms with Gasteiger partial charge in [0, 0.05) is 0 Å². The average Bonchev–Trinajstić information content (AvgIpc) is 1.81. The molecule has 0 aromatic heterocycles. The Hall–Kier alpha value is 0.120. The lowest BCUT2D eigenvalue weighted by Crippen LogP contribution is -2.02. The van der Waals surface area contributed by atoms with E-state index in [1.54, 1.807) is 13.8 Å². The molecule has 0 aliphatic rings. The first-order chi connectivity index (χ1) is 5.33. The highest BCUT2D eigenvalue weighted by atomic mass is 31.2. The van der Waals surface area contributed by atoms with Gasteiger partial charge in [0.15, 0.2) is 0 Å². The van der Waals surface area contributed by atoms with E-state index in [-0.39, 0.29) is 12.3 Å². The standard InChI is InChI=1S/C8H18FO2P/c1-7(2)5-6-12(9,10)11-8(3)4/h7-8H,5-6H2,1-4H3. The van der Waals surface area contributed by atoms with Crippen LogP contribution in [-0.2, 0) is 9.09 Å². The molecule has 74 valence electrons. The molecule has 0 N–H and O–H groups in total. The Morgan fingerprint density at radius 3 is 2.17 bits per heavy atom. The van der Waals surface area contributed by atoms with E-state index in [0.717, 1.165) is 0 Å². The fraction of sp³-hybridized carbons (Fsp3) is 1.00. The second-order valence-corrected chi connectivity index (χ2v) is 5.49. The van der Waals surface area contributed by atoms with E-state index in [1.807, 2.05) is 13.8 Å². The molecule has 0 saturated heterocycles. The molecule has 0 heterocycles. The maximum absolute atomic E-state index is 13.0. The summed E-state index contributed by atoms with van der Waals surface area (Å²) in [6, 6.07) is 0. The summed E-state index contributed by atoms with van der Waals surface area (Å²) in [5.41, 5.74) is 0. The smallest absolute Gasteiger partial charge is 0.303 e. The van der Waals surface area contributed by atoms with Crippen LogP contribution in [0.1, 0.15) is 34.1 Å². The molecule has 1 atom stereocenters. The predicted molar refractivity (Wildman–Crippen MR) is 49.3 cm³/mol. The summed E-state index contributed by atoms with van der Waals surface area (Å²) in [4.78, 5) is 0. The largest absolute Gasteiger partial charge is 0.367 e. The van der Waals surface area contributed by atoms with Crippen LogP contribution < -0.4 is 0 Å². The Kier molecular flexibility index (Phi) is 5.03. The first kappa shape index (κ1) is 12.1. The molecule has 0 radical (unpaired) electrons. The summed E-state index contributed by atoms with van der Waals surface area (Å²) < 4.78 is 28.8. The van der Waals surface area contributed by atoms with Gasteiger partial charge in [-0.1, -0.05) is 13.8 Å². The SMILES string of the molecule is CC(C)CCP(=O)(F)OC(C)C. The molecule has 0 spiro atoms. The van der Waals surface area contributed by atoms with E-state index >= 15 is 0 Å². The first-order valence-corrected chi connectivity index (χ1v) is 6.00. The topological polar surface area (TPSA) is 26.3 Å². The number of rotatable bonds is 5. The summed E-state index contributed by atoms with van der Waals surface area (Å²) in [6.07, 6.45) is 0.358. The normalized spacial score (nSPS) is 16.9. The van der Waals surface area contributed by atoms with Crippen LogP contribution in [0.2, 0.25) is 0 Å². The molecular formula is C8H18FO2P. The van der Waals surface area contributed by atoms with Crippen LogP contribution in [0.15, 0.2) is 0 Å². The van der Waals surface area contributed by atoms with Crippen LogP contribution >= 0.6 is 7.68 Å². The minimum atomic E-state index is -3.80. The van der Waals surface area contributed by atoms with Gasteiger partial charge in [-0.3, -0.25) is 4.57 Å². The molecule has 2 nitrogen and oxygen atoms in total. The van der Waals surface area contributed by atoms with Crippen molar-refractivity contribution in [2.24, 2.45) is 5.92 Å². The van der Waals surface area contributed by atoms with Crippen molar-refractivity contribution in [3.8, 4) is 0 Å². The predicted octanol–water partition coefficient (Wildman–Crippen LogP) is 3.62. The van der Waals surface area contributed by atoms with E-state index < -0.39 is 7.68 Å². The Balaban J connectivity index is 3.80. The molecule has 0 fully saturated rings. The van der Waals surface area contributed by atoms with Crippen molar-refractivity contribution in [3.05, 3.63) is 0 Å². The Morgan fingerprint density at radius 1 is 1.33 bits per heavy atom. The minimum Gasteiger partial charge on any atom is -0.303 e. The highest BCUT2D eigenvalue weighted by molar-refractivity contribution is 7.53. The van der Waals surface area contributed by atoms with Crippen LogP contribution in [-0.4, -0.2) is 12.3 Å². The van der Waals surface area contributed by atoms with Gasteiger partial charge in [0.25, 0.3) is 0 Å². The molecule has 1 unspecified atom stereocenters. The van der Waals surface area contributed by atoms with Crippen LogP contribution in [0.25, 0.3) is 0 Å². The van der Waals surface area contributed by atoms with E-state index in [0.29, 0.717) is 12.3 Å². The van der Waals surface area contributed by atoms with Gasteiger partial charge in [-0.05, 0) is 26.2 Å². The summed E-state index contributed by atoms with van der Waals surface area (Å²) >= 11 is 0. The van der Waals surface area contributed by atoms with Crippen molar-refractivity contribution < 1.29 is 13.3 Å². The van der Waals surface area contributed by atoms with Gasteiger partial charge in [-0.15, -0.1) is 0 Å². The maximum Gasteiger partial charge on any atom is 0.367 e. The third-order valence-corrected chi connectivity index (χ3v) is 2.87. The van der Waals surface area contributed by atoms with Crippen LogP contribution in [0.5, 0.6) is 0 Å². The lowest BCUT2D eigenvalue weighted by molar-refractivity contribution is 0.222. The molecule has 0 bridgehead atoms. The highest BCUT2D eigenvalue weighted by Gasteiger charge is 2.23. The van der Waals surface area contributed by atoms with Gasteiger partial charge in [0.05, 0.1) is 12.3 Å². The molecule has 0 amide bonds. The Bertz CT molecular complexity index is 168. The van der Waals surface area contributed by atoms with Gasteiger partial charge in [0.1, 0.15) is 0 Å². The van der Waals surface area contributed by atoms with Gasteiger partial charge in [-0.2, -0.15) is 4.20 Å². The number of hydrogen-bond acceptors (Lipinski definition) is 2. The van der Waals surface area contributed by atoms with Crippen molar-refractivity contribution in [3.63, 3.8) is 0 Å². The highest BCUT2D eigenvalue weighted by Crippen LogP contribution is 2.50. The number of hydrogen-bond donors (Lipinski definition) is 0. The van der Waals surface area contributed by atoms with Gasteiger partial charge in [0.2, 0.25) is 0 Å². The second kappa shape index (κ2) is 4.98. The van der Waals surface area contributed by atoms with Crippen LogP contribution in [0.4, 0.5) is 4.20 Å². The van der Waals surface area contributed by atoms with E-state index in [9.17, 15) is 8.76 Å². The van der Waals surface area contributed by atoms with Gasteiger partial charge < -0.3 is 4.52 Å². The Morgan fingerprint density at radius 2 is 1.83 bits per heavy atom. The lowest BCUT2D eigenvalue weighted by atomic mass is 10.2. The van der Waals surface area contributed by atoms with Crippen molar-refractivity contribution in [1.82, 2.24) is 0 Å². The van der Waals surface area contributed by atoms with Crippen LogP contribution in [0, 0.1) is 5.92 Å². The van der Waals surface area contributed by atoms with Crippen LogP contribution in [0.3, 0.4) is 0 Å². The van der Waals surface area contributed by atoms with Crippen molar-refractivity contribution in [1.29, 1.82) is 0 Å². The first-order valence-electron chi connectivity index (χ1n) is 4.30. The third kappa shape index (κ3) is 6.81. The molecule has 12 heavy (non-hydrogen) atoms. The zero-order valence-corrected chi connectivity index (χ0v) is 9.11. The molecule has 0 aliphatic carbocycles. The molecule has 0 aliphatic heterocycles. The molecular weight excluding hydrogens is 178 g/mol. The summed E-state index contributed by atoms with van der Waals surface area (Å²) in [6.45, 7) is 7.30. The average molecular weight is 196 g/mol. The van der Waals surface area contributed by atoms with Gasteiger partial charge in [-0.25, -0.2) is 0 Å². The van der Waals surface area contributed by atoms with E-state index in [2.05, 4.69) is 4.52 Å². The summed E-state index contributed by atoms with van der Waals surface area (Å²) in [5, 5.41) is 0. The molecule has 0 aromatic carbocycles. The monoisotopic (exact) mass is 196 g/mol. The van der Waals surface area contributed by atoms with Gasteiger partial charge >= 0.3 is 7.68 Å². The summed E-state index contributed by atoms with van der Waals surface area (Å²) in [5.74, 6) is 0.366. The zero-order valence-electron chi connectivity index (χ0n) is 8.21. The van der Waals surface area contributed by atoms with Crippen molar-refractivity contribution in [2.45, 2.75) is 40.2 Å². The Labute approximate surface area is 74.1 Å². The third-order valence-electron chi connectivity index (χ3n) is 1.34. The van der Waals surface area contributed by atoms with Crippen molar-refractivity contribution >= 4 is 7.68 Å². The summed E-state index contributed by atoms with van der Waals surface area (Å²) in [7, 11) is -3.80. The lowest BCUT2D eigenvalue weighted by Gasteiger charge is -2.13. The molecule has 0 aromatic rings. The quantitative estimate of drug-likeness (QED) is 0.628.